The molecule has 1 aromatic heterocycles. The number of fused-ring (bicyclic) bond motifs is 1. The van der Waals surface area contributed by atoms with Gasteiger partial charge in [0, 0.05) is 16.5 Å². The lowest BCUT2D eigenvalue weighted by Gasteiger charge is -2.11. The minimum atomic E-state index is -0.505. The van der Waals surface area contributed by atoms with Crippen molar-refractivity contribution in [3.8, 4) is 0 Å². The van der Waals surface area contributed by atoms with Crippen LogP contribution in [0, 0.1) is 0 Å². The number of hydrogen-bond acceptors (Lipinski definition) is 6. The van der Waals surface area contributed by atoms with Gasteiger partial charge in [-0.15, -0.1) is 11.3 Å². The Bertz CT molecular complexity index is 956. The SMILES string of the molecule is CCOC(=O)c1c(N=C2C=C(c3ccccc3)OC2=O)sc2c1CCCC2. The predicted molar refractivity (Wildman–Crippen MR) is 105 cm³/mol. The van der Waals surface area contributed by atoms with Crippen molar-refractivity contribution in [3.05, 3.63) is 58.0 Å². The summed E-state index contributed by atoms with van der Waals surface area (Å²) < 4.78 is 10.6. The second kappa shape index (κ2) is 7.48. The first-order valence-corrected chi connectivity index (χ1v) is 9.88. The minimum Gasteiger partial charge on any atom is -0.462 e. The fourth-order valence-corrected chi connectivity index (χ4v) is 4.60. The molecule has 0 saturated carbocycles. The smallest absolute Gasteiger partial charge is 0.362 e. The summed E-state index contributed by atoms with van der Waals surface area (Å²) in [5.41, 5.74) is 2.56. The third-order valence-electron chi connectivity index (χ3n) is 4.59. The first-order chi connectivity index (χ1) is 13.2. The molecule has 0 fully saturated rings. The normalized spacial score (nSPS) is 17.4. The van der Waals surface area contributed by atoms with Crippen molar-refractivity contribution in [3.63, 3.8) is 0 Å². The van der Waals surface area contributed by atoms with Gasteiger partial charge in [-0.3, -0.25) is 0 Å². The molecule has 1 aliphatic heterocycles. The van der Waals surface area contributed by atoms with Crippen LogP contribution >= 0.6 is 11.3 Å². The largest absolute Gasteiger partial charge is 0.462 e. The molecular weight excluding hydrogens is 362 g/mol. The van der Waals surface area contributed by atoms with E-state index < -0.39 is 5.97 Å². The lowest BCUT2D eigenvalue weighted by molar-refractivity contribution is -0.128. The molecule has 6 heteroatoms. The third kappa shape index (κ3) is 3.45. The van der Waals surface area contributed by atoms with E-state index in [1.807, 2.05) is 30.3 Å². The first-order valence-electron chi connectivity index (χ1n) is 9.07. The van der Waals surface area contributed by atoms with Gasteiger partial charge in [0.2, 0.25) is 0 Å². The van der Waals surface area contributed by atoms with Crippen LogP contribution in [0.4, 0.5) is 5.00 Å². The molecule has 0 spiro atoms. The highest BCUT2D eigenvalue weighted by atomic mass is 32.1. The number of thiophene rings is 1. The zero-order chi connectivity index (χ0) is 18.8. The molecule has 0 unspecified atom stereocenters. The molecule has 2 heterocycles. The lowest BCUT2D eigenvalue weighted by Crippen LogP contribution is -2.10. The van der Waals surface area contributed by atoms with Gasteiger partial charge in [-0.1, -0.05) is 30.3 Å². The molecule has 0 saturated heterocycles. The van der Waals surface area contributed by atoms with Gasteiger partial charge in [-0.25, -0.2) is 14.6 Å². The molecule has 0 amide bonds. The number of carbonyl (C=O) groups excluding carboxylic acids is 2. The summed E-state index contributed by atoms with van der Waals surface area (Å²) in [4.78, 5) is 30.5. The fourth-order valence-electron chi connectivity index (χ4n) is 3.34. The van der Waals surface area contributed by atoms with E-state index in [0.717, 1.165) is 36.8 Å². The Labute approximate surface area is 161 Å². The van der Waals surface area contributed by atoms with Gasteiger partial charge in [-0.05, 0) is 38.2 Å². The maximum atomic E-state index is 12.5. The van der Waals surface area contributed by atoms with Crippen LogP contribution in [-0.4, -0.2) is 24.3 Å². The molecule has 1 aliphatic carbocycles. The highest BCUT2D eigenvalue weighted by Crippen LogP contribution is 2.41. The van der Waals surface area contributed by atoms with Crippen molar-refractivity contribution < 1.29 is 19.1 Å². The Morgan fingerprint density at radius 1 is 1.22 bits per heavy atom. The van der Waals surface area contributed by atoms with Crippen LogP contribution in [0.1, 0.15) is 46.1 Å². The molecule has 0 atom stereocenters. The van der Waals surface area contributed by atoms with Crippen molar-refractivity contribution in [1.82, 2.24) is 0 Å². The van der Waals surface area contributed by atoms with E-state index in [9.17, 15) is 9.59 Å². The maximum Gasteiger partial charge on any atom is 0.362 e. The molecule has 2 aromatic rings. The second-order valence-electron chi connectivity index (χ2n) is 6.37. The summed E-state index contributed by atoms with van der Waals surface area (Å²) >= 11 is 1.48. The fraction of sp³-hybridized carbons (Fsp3) is 0.286. The van der Waals surface area contributed by atoms with Crippen LogP contribution in [0.2, 0.25) is 0 Å². The lowest BCUT2D eigenvalue weighted by atomic mass is 9.95. The average molecular weight is 381 g/mol. The molecule has 5 nitrogen and oxygen atoms in total. The van der Waals surface area contributed by atoms with Gasteiger partial charge >= 0.3 is 11.9 Å². The Kier molecular flexibility index (Phi) is 4.90. The molecule has 138 valence electrons. The topological polar surface area (TPSA) is 65.0 Å². The van der Waals surface area contributed by atoms with Crippen LogP contribution in [-0.2, 0) is 27.1 Å². The van der Waals surface area contributed by atoms with Crippen LogP contribution in [0.3, 0.4) is 0 Å². The zero-order valence-electron chi connectivity index (χ0n) is 15.0. The van der Waals surface area contributed by atoms with E-state index in [-0.39, 0.29) is 11.7 Å². The molecule has 0 N–H and O–H groups in total. The molecule has 1 aromatic carbocycles. The number of nitrogens with zero attached hydrogens (tertiary/aromatic N) is 1. The highest BCUT2D eigenvalue weighted by molar-refractivity contribution is 7.16. The van der Waals surface area contributed by atoms with Gasteiger partial charge in [0.1, 0.15) is 10.8 Å². The summed E-state index contributed by atoms with van der Waals surface area (Å²) in [5.74, 6) is -0.400. The van der Waals surface area contributed by atoms with E-state index in [1.165, 1.54) is 16.2 Å². The van der Waals surface area contributed by atoms with Gasteiger partial charge in [0.25, 0.3) is 0 Å². The number of rotatable bonds is 4. The van der Waals surface area contributed by atoms with E-state index in [4.69, 9.17) is 9.47 Å². The number of cyclic esters (lactones) is 1. The number of esters is 2. The zero-order valence-corrected chi connectivity index (χ0v) is 15.8. The van der Waals surface area contributed by atoms with Gasteiger partial charge in [0.15, 0.2) is 5.71 Å². The Balaban J connectivity index is 1.75. The van der Waals surface area contributed by atoms with Gasteiger partial charge in [-0.2, -0.15) is 0 Å². The standard InChI is InChI=1S/C21H19NO4S/c1-2-25-21(24)18-14-10-6-7-11-17(14)27-19(18)22-15-12-16(26-20(15)23)13-8-4-3-5-9-13/h3-5,8-9,12H,2,6-7,10-11H2,1H3. The number of hydrogen-bond donors (Lipinski definition) is 0. The summed E-state index contributed by atoms with van der Waals surface area (Å²) in [6.45, 7) is 2.09. The molecule has 27 heavy (non-hydrogen) atoms. The van der Waals surface area contributed by atoms with Crippen LogP contribution in [0.15, 0.2) is 41.4 Å². The Hall–Kier alpha value is -2.73. The highest BCUT2D eigenvalue weighted by Gasteiger charge is 2.29. The van der Waals surface area contributed by atoms with Crippen LogP contribution in [0.25, 0.3) is 5.76 Å². The summed E-state index contributed by atoms with van der Waals surface area (Å²) in [6, 6.07) is 9.40. The average Bonchev–Trinajstić information content (AvgIpc) is 3.23. The molecule has 0 radical (unpaired) electrons. The minimum absolute atomic E-state index is 0.206. The van der Waals surface area contributed by atoms with Crippen LogP contribution in [0.5, 0.6) is 0 Å². The van der Waals surface area contributed by atoms with E-state index in [2.05, 4.69) is 4.99 Å². The summed E-state index contributed by atoms with van der Waals surface area (Å²) in [5, 5.41) is 0.540. The molecular formula is C21H19NO4S. The summed E-state index contributed by atoms with van der Waals surface area (Å²) in [6.07, 6.45) is 5.57. The maximum absolute atomic E-state index is 12.5. The monoisotopic (exact) mass is 381 g/mol. The van der Waals surface area contributed by atoms with Crippen molar-refractivity contribution in [1.29, 1.82) is 0 Å². The molecule has 0 bridgehead atoms. The number of ether oxygens (including phenoxy) is 2. The van der Waals surface area contributed by atoms with E-state index >= 15 is 0 Å². The Morgan fingerprint density at radius 2 is 2.00 bits per heavy atom. The first kappa shape index (κ1) is 17.7. The Morgan fingerprint density at radius 3 is 2.78 bits per heavy atom. The van der Waals surface area contributed by atoms with Gasteiger partial charge < -0.3 is 9.47 Å². The van der Waals surface area contributed by atoms with Crippen molar-refractivity contribution in [2.45, 2.75) is 32.6 Å². The third-order valence-corrected chi connectivity index (χ3v) is 5.78. The number of aryl methyl sites for hydroxylation is 1. The number of carbonyl (C=O) groups is 2. The molecule has 2 aliphatic rings. The quantitative estimate of drug-likeness (QED) is 0.733. The van der Waals surface area contributed by atoms with E-state index in [0.29, 0.717) is 22.9 Å². The summed E-state index contributed by atoms with van der Waals surface area (Å²) in [7, 11) is 0. The van der Waals surface area contributed by atoms with Crippen molar-refractivity contribution >= 4 is 39.7 Å². The van der Waals surface area contributed by atoms with E-state index in [1.54, 1.807) is 13.0 Å². The number of aliphatic imine (C=N–C) groups is 1. The van der Waals surface area contributed by atoms with Gasteiger partial charge in [0.05, 0.1) is 12.2 Å². The van der Waals surface area contributed by atoms with Crippen molar-refractivity contribution in [2.24, 2.45) is 4.99 Å². The van der Waals surface area contributed by atoms with Crippen molar-refractivity contribution in [2.75, 3.05) is 6.61 Å². The number of benzene rings is 1. The molecule has 4 rings (SSSR count). The second-order valence-corrected chi connectivity index (χ2v) is 7.46. The predicted octanol–water partition coefficient (Wildman–Crippen LogP) is 4.47. The van der Waals surface area contributed by atoms with Crippen LogP contribution < -0.4 is 0 Å².